The number of hydrogen-bond acceptors (Lipinski definition) is 3. The first kappa shape index (κ1) is 18.4. The third-order valence-electron chi connectivity index (χ3n) is 3.79. The zero-order valence-corrected chi connectivity index (χ0v) is 14.6. The zero-order valence-electron chi connectivity index (χ0n) is 14.6. The lowest BCUT2D eigenvalue weighted by molar-refractivity contribution is 0.102. The fourth-order valence-electron chi connectivity index (χ4n) is 2.66. The van der Waals surface area contributed by atoms with Crippen molar-refractivity contribution in [3.05, 3.63) is 82.9 Å². The van der Waals surface area contributed by atoms with E-state index < -0.39 is 23.4 Å². The molecular formula is C20H16F3N3O. The third-order valence-corrected chi connectivity index (χ3v) is 3.79. The van der Waals surface area contributed by atoms with E-state index in [2.05, 4.69) is 15.6 Å². The number of aromatic nitrogens is 1. The monoisotopic (exact) mass is 371 g/mol. The molecule has 3 aromatic rings. The van der Waals surface area contributed by atoms with Crippen LogP contribution >= 0.6 is 0 Å². The maximum atomic E-state index is 13.8. The Morgan fingerprint density at radius 1 is 0.889 bits per heavy atom. The summed E-state index contributed by atoms with van der Waals surface area (Å²) >= 11 is 0. The Labute approximate surface area is 154 Å². The number of carbonyl (C=O) groups excluding carboxylic acids is 1. The van der Waals surface area contributed by atoms with Crippen molar-refractivity contribution in [1.29, 1.82) is 0 Å². The highest BCUT2D eigenvalue weighted by Gasteiger charge is 2.14. The molecule has 27 heavy (non-hydrogen) atoms. The highest BCUT2D eigenvalue weighted by atomic mass is 19.2. The van der Waals surface area contributed by atoms with Crippen LogP contribution in [0.4, 0.5) is 30.2 Å². The van der Waals surface area contributed by atoms with Crippen molar-refractivity contribution in [2.24, 2.45) is 0 Å². The summed E-state index contributed by atoms with van der Waals surface area (Å²) in [6.45, 7) is 3.84. The number of amides is 1. The van der Waals surface area contributed by atoms with E-state index in [-0.39, 0.29) is 16.9 Å². The first-order valence-electron chi connectivity index (χ1n) is 8.08. The van der Waals surface area contributed by atoms with Crippen molar-refractivity contribution in [3.8, 4) is 0 Å². The van der Waals surface area contributed by atoms with Crippen LogP contribution in [0.25, 0.3) is 0 Å². The van der Waals surface area contributed by atoms with Gasteiger partial charge in [-0.1, -0.05) is 6.07 Å². The molecule has 2 aromatic carbocycles. The Bertz CT molecular complexity index is 1000. The summed E-state index contributed by atoms with van der Waals surface area (Å²) in [5.41, 5.74) is 2.88. The molecule has 2 N–H and O–H groups in total. The van der Waals surface area contributed by atoms with Crippen LogP contribution in [-0.2, 0) is 0 Å². The molecule has 0 saturated heterocycles. The van der Waals surface area contributed by atoms with Crippen molar-refractivity contribution in [2.75, 3.05) is 10.6 Å². The number of nitrogens with zero attached hydrogens (tertiary/aromatic N) is 1. The van der Waals surface area contributed by atoms with Gasteiger partial charge in [0.1, 0.15) is 0 Å². The topological polar surface area (TPSA) is 54.0 Å². The van der Waals surface area contributed by atoms with Gasteiger partial charge in [0.2, 0.25) is 0 Å². The van der Waals surface area contributed by atoms with Gasteiger partial charge in [-0.2, -0.15) is 0 Å². The molecule has 0 aliphatic carbocycles. The molecule has 0 unspecified atom stereocenters. The first-order chi connectivity index (χ1) is 12.8. The third kappa shape index (κ3) is 4.25. The Morgan fingerprint density at radius 3 is 2.30 bits per heavy atom. The van der Waals surface area contributed by atoms with Crippen LogP contribution in [-0.4, -0.2) is 10.9 Å². The Kier molecular flexibility index (Phi) is 5.12. The second-order valence-corrected chi connectivity index (χ2v) is 6.14. The van der Waals surface area contributed by atoms with Gasteiger partial charge in [-0.05, 0) is 55.3 Å². The summed E-state index contributed by atoms with van der Waals surface area (Å²) in [6.07, 6.45) is 2.69. The maximum Gasteiger partial charge on any atom is 0.257 e. The number of nitrogens with one attached hydrogen (secondary N) is 2. The number of aryl methyl sites for hydroxylation is 2. The van der Waals surface area contributed by atoms with E-state index in [0.717, 1.165) is 23.3 Å². The average molecular weight is 371 g/mol. The van der Waals surface area contributed by atoms with E-state index in [1.165, 1.54) is 18.5 Å². The molecule has 4 nitrogen and oxygen atoms in total. The highest BCUT2D eigenvalue weighted by Crippen LogP contribution is 2.24. The van der Waals surface area contributed by atoms with Gasteiger partial charge in [-0.25, -0.2) is 13.2 Å². The summed E-state index contributed by atoms with van der Waals surface area (Å²) in [5, 5.41) is 5.36. The second kappa shape index (κ2) is 7.49. The van der Waals surface area contributed by atoms with Gasteiger partial charge in [0.25, 0.3) is 5.91 Å². The van der Waals surface area contributed by atoms with Gasteiger partial charge < -0.3 is 10.6 Å². The van der Waals surface area contributed by atoms with Gasteiger partial charge in [-0.3, -0.25) is 9.78 Å². The summed E-state index contributed by atoms with van der Waals surface area (Å²) in [4.78, 5) is 16.4. The molecule has 1 aromatic heterocycles. The Morgan fingerprint density at radius 2 is 1.59 bits per heavy atom. The Balaban J connectivity index is 1.81. The molecule has 0 spiro atoms. The lowest BCUT2D eigenvalue weighted by atomic mass is 10.1. The van der Waals surface area contributed by atoms with E-state index >= 15 is 0 Å². The minimum atomic E-state index is -1.57. The molecule has 0 saturated carbocycles. The summed E-state index contributed by atoms with van der Waals surface area (Å²) in [7, 11) is 0. The molecule has 0 atom stereocenters. The van der Waals surface area contributed by atoms with Gasteiger partial charge in [0.05, 0.1) is 23.1 Å². The van der Waals surface area contributed by atoms with Gasteiger partial charge in [-0.15, -0.1) is 0 Å². The molecule has 0 radical (unpaired) electrons. The van der Waals surface area contributed by atoms with Crippen molar-refractivity contribution < 1.29 is 18.0 Å². The SMILES string of the molecule is Cc1cc(C)cc(NC(=O)c2cncc(Nc3ccc(F)c(F)c3F)c2)c1. The van der Waals surface area contributed by atoms with E-state index in [1.807, 2.05) is 32.0 Å². The van der Waals surface area contributed by atoms with Gasteiger partial charge >= 0.3 is 0 Å². The summed E-state index contributed by atoms with van der Waals surface area (Å²) in [6, 6.07) is 8.96. The second-order valence-electron chi connectivity index (χ2n) is 6.14. The number of anilines is 3. The van der Waals surface area contributed by atoms with Crippen LogP contribution < -0.4 is 10.6 Å². The molecule has 0 bridgehead atoms. The number of rotatable bonds is 4. The van der Waals surface area contributed by atoms with Gasteiger partial charge in [0.15, 0.2) is 17.5 Å². The quantitative estimate of drug-likeness (QED) is 0.627. The lowest BCUT2D eigenvalue weighted by Gasteiger charge is -2.10. The minimum Gasteiger partial charge on any atom is -0.352 e. The Hall–Kier alpha value is -3.35. The predicted octanol–water partition coefficient (Wildman–Crippen LogP) is 5.11. The smallest absolute Gasteiger partial charge is 0.257 e. The molecule has 3 rings (SSSR count). The highest BCUT2D eigenvalue weighted by molar-refractivity contribution is 6.04. The first-order valence-corrected chi connectivity index (χ1v) is 8.08. The lowest BCUT2D eigenvalue weighted by Crippen LogP contribution is -2.13. The molecule has 138 valence electrons. The van der Waals surface area contributed by atoms with Crippen LogP contribution in [0.5, 0.6) is 0 Å². The number of hydrogen-bond donors (Lipinski definition) is 2. The number of benzene rings is 2. The van der Waals surface area contributed by atoms with Crippen LogP contribution in [0, 0.1) is 31.3 Å². The van der Waals surface area contributed by atoms with E-state index in [9.17, 15) is 18.0 Å². The standard InChI is InChI=1S/C20H16F3N3O/c1-11-5-12(2)7-14(6-11)26-20(27)13-8-15(10-24-9-13)25-17-4-3-16(21)18(22)19(17)23/h3-10,25H,1-2H3,(H,26,27). The molecule has 0 aliphatic heterocycles. The molecule has 0 fully saturated rings. The van der Waals surface area contributed by atoms with Crippen LogP contribution in [0.3, 0.4) is 0 Å². The van der Waals surface area contributed by atoms with E-state index in [4.69, 9.17) is 0 Å². The molecule has 0 aliphatic rings. The molecular weight excluding hydrogens is 355 g/mol. The number of carbonyl (C=O) groups is 1. The van der Waals surface area contributed by atoms with Crippen molar-refractivity contribution in [3.63, 3.8) is 0 Å². The fraction of sp³-hybridized carbons (Fsp3) is 0.100. The molecule has 7 heteroatoms. The molecule has 1 heterocycles. The van der Waals surface area contributed by atoms with Crippen molar-refractivity contribution >= 4 is 23.0 Å². The summed E-state index contributed by atoms with van der Waals surface area (Å²) < 4.78 is 40.2. The molecule has 1 amide bonds. The normalized spacial score (nSPS) is 10.6. The van der Waals surface area contributed by atoms with Crippen LogP contribution in [0.1, 0.15) is 21.5 Å². The number of pyridine rings is 1. The van der Waals surface area contributed by atoms with Crippen LogP contribution in [0.2, 0.25) is 0 Å². The van der Waals surface area contributed by atoms with Gasteiger partial charge in [0, 0.05) is 11.9 Å². The maximum absolute atomic E-state index is 13.8. The average Bonchev–Trinajstić information content (AvgIpc) is 2.61. The van der Waals surface area contributed by atoms with Crippen molar-refractivity contribution in [1.82, 2.24) is 4.98 Å². The number of halogens is 3. The minimum absolute atomic E-state index is 0.224. The zero-order chi connectivity index (χ0) is 19.6. The van der Waals surface area contributed by atoms with Crippen LogP contribution in [0.15, 0.2) is 48.8 Å². The van der Waals surface area contributed by atoms with E-state index in [0.29, 0.717) is 5.69 Å². The van der Waals surface area contributed by atoms with E-state index in [1.54, 1.807) is 0 Å². The summed E-state index contributed by atoms with van der Waals surface area (Å²) in [5.74, 6) is -4.60. The largest absolute Gasteiger partial charge is 0.352 e. The fourth-order valence-corrected chi connectivity index (χ4v) is 2.66. The van der Waals surface area contributed by atoms with Crippen molar-refractivity contribution in [2.45, 2.75) is 13.8 Å². The predicted molar refractivity (Wildman–Crippen MR) is 97.7 cm³/mol.